The van der Waals surface area contributed by atoms with E-state index in [0.29, 0.717) is 0 Å². The fourth-order valence-electron chi connectivity index (χ4n) is 2.41. The van der Waals surface area contributed by atoms with Crippen molar-refractivity contribution >= 4 is 12.0 Å². The molecule has 1 aliphatic heterocycles. The van der Waals surface area contributed by atoms with E-state index in [4.69, 9.17) is 9.84 Å². The number of carboxylic acid groups (broad SMARTS) is 1. The third kappa shape index (κ3) is 2.56. The number of carboxylic acids is 1. The zero-order valence-electron chi connectivity index (χ0n) is 10.2. The van der Waals surface area contributed by atoms with Crippen molar-refractivity contribution in [1.82, 2.24) is 10.2 Å². The van der Waals surface area contributed by atoms with E-state index in [1.807, 2.05) is 0 Å². The number of likely N-dealkylation sites (tertiary alicyclic amines) is 1. The van der Waals surface area contributed by atoms with Crippen LogP contribution in [0.1, 0.15) is 19.3 Å². The van der Waals surface area contributed by atoms with Gasteiger partial charge < -0.3 is 25.2 Å². The van der Waals surface area contributed by atoms with Crippen LogP contribution >= 0.6 is 0 Å². The van der Waals surface area contributed by atoms with Gasteiger partial charge in [0.05, 0.1) is 12.2 Å². The maximum absolute atomic E-state index is 11.9. The second kappa shape index (κ2) is 5.11. The Morgan fingerprint density at radius 1 is 1.33 bits per heavy atom. The maximum Gasteiger partial charge on any atom is 0.326 e. The Labute approximate surface area is 105 Å². The number of rotatable bonds is 3. The first-order valence-corrected chi connectivity index (χ1v) is 6.02. The molecule has 1 unspecified atom stereocenters. The molecule has 1 saturated carbocycles. The van der Waals surface area contributed by atoms with Crippen LogP contribution in [0.15, 0.2) is 0 Å². The van der Waals surface area contributed by atoms with Gasteiger partial charge in [-0.25, -0.2) is 9.59 Å². The van der Waals surface area contributed by atoms with Crippen LogP contribution < -0.4 is 5.32 Å². The van der Waals surface area contributed by atoms with Crippen molar-refractivity contribution in [3.63, 3.8) is 0 Å². The van der Waals surface area contributed by atoms with Crippen molar-refractivity contribution in [3.8, 4) is 0 Å². The van der Waals surface area contributed by atoms with Gasteiger partial charge in [-0.05, 0) is 12.8 Å². The first-order valence-electron chi connectivity index (χ1n) is 6.02. The lowest BCUT2D eigenvalue weighted by molar-refractivity contribution is -0.141. The van der Waals surface area contributed by atoms with Gasteiger partial charge in [-0.1, -0.05) is 0 Å². The molecule has 102 valence electrons. The van der Waals surface area contributed by atoms with Gasteiger partial charge in [0.1, 0.15) is 6.04 Å². The zero-order valence-corrected chi connectivity index (χ0v) is 10.2. The Morgan fingerprint density at radius 3 is 2.56 bits per heavy atom. The molecule has 2 fully saturated rings. The van der Waals surface area contributed by atoms with E-state index in [-0.39, 0.29) is 25.1 Å². The smallest absolute Gasteiger partial charge is 0.326 e. The van der Waals surface area contributed by atoms with E-state index < -0.39 is 24.1 Å². The molecule has 1 heterocycles. The molecular weight excluding hydrogens is 240 g/mol. The molecule has 18 heavy (non-hydrogen) atoms. The van der Waals surface area contributed by atoms with Gasteiger partial charge in [-0.2, -0.15) is 0 Å². The van der Waals surface area contributed by atoms with Crippen LogP contribution in [0.5, 0.6) is 0 Å². The predicted molar refractivity (Wildman–Crippen MR) is 61.1 cm³/mol. The number of methoxy groups -OCH3 is 1. The number of aliphatic carboxylic acids is 1. The van der Waals surface area contributed by atoms with Crippen LogP contribution in [0.2, 0.25) is 0 Å². The normalized spacial score (nSPS) is 35.1. The van der Waals surface area contributed by atoms with Crippen molar-refractivity contribution in [3.05, 3.63) is 0 Å². The van der Waals surface area contributed by atoms with E-state index in [1.54, 1.807) is 7.11 Å². The molecular formula is C11H18N2O5. The van der Waals surface area contributed by atoms with Gasteiger partial charge in [0, 0.05) is 26.1 Å². The average molecular weight is 258 g/mol. The molecule has 0 aromatic heterocycles. The van der Waals surface area contributed by atoms with E-state index in [9.17, 15) is 14.7 Å². The molecule has 2 aliphatic rings. The molecule has 0 spiro atoms. The number of hydrogen-bond acceptors (Lipinski definition) is 4. The number of nitrogens with one attached hydrogen (secondary N) is 1. The van der Waals surface area contributed by atoms with Crippen LogP contribution in [0.4, 0.5) is 4.79 Å². The first kappa shape index (κ1) is 13.1. The number of carbonyl (C=O) groups is 2. The number of β-amino-alcohol motifs (C(OH)–C–C–N with tert-alkyl or cyclic N) is 1. The van der Waals surface area contributed by atoms with E-state index in [2.05, 4.69) is 5.32 Å². The minimum Gasteiger partial charge on any atom is -0.480 e. The van der Waals surface area contributed by atoms with E-state index >= 15 is 0 Å². The van der Waals surface area contributed by atoms with Gasteiger partial charge in [0.15, 0.2) is 0 Å². The van der Waals surface area contributed by atoms with Gasteiger partial charge in [-0.3, -0.25) is 0 Å². The number of carbonyl (C=O) groups excluding carboxylic acids is 1. The maximum atomic E-state index is 11.9. The summed E-state index contributed by atoms with van der Waals surface area (Å²) in [4.78, 5) is 24.1. The molecule has 0 aromatic carbocycles. The monoisotopic (exact) mass is 258 g/mol. The fraction of sp³-hybridized carbons (Fsp3) is 0.818. The van der Waals surface area contributed by atoms with E-state index in [1.165, 1.54) is 4.90 Å². The Bertz CT molecular complexity index is 342. The van der Waals surface area contributed by atoms with Gasteiger partial charge in [-0.15, -0.1) is 0 Å². The Morgan fingerprint density at radius 2 is 2.00 bits per heavy atom. The predicted octanol–water partition coefficient (Wildman–Crippen LogP) is -0.607. The SMILES string of the molecule is COC1CC(NC(=O)N2CC(O)C[C@H]2C(=O)O)C1. The fourth-order valence-corrected chi connectivity index (χ4v) is 2.41. The average Bonchev–Trinajstić information content (AvgIpc) is 2.65. The summed E-state index contributed by atoms with van der Waals surface area (Å²) in [6.45, 7) is 0.0726. The van der Waals surface area contributed by atoms with Crippen molar-refractivity contribution in [2.45, 2.75) is 43.6 Å². The van der Waals surface area contributed by atoms with Crippen molar-refractivity contribution in [1.29, 1.82) is 0 Å². The van der Waals surface area contributed by atoms with Gasteiger partial charge in [0.2, 0.25) is 0 Å². The first-order chi connectivity index (χ1) is 8.51. The highest BCUT2D eigenvalue weighted by Gasteiger charge is 2.40. The second-order valence-corrected chi connectivity index (χ2v) is 4.87. The van der Waals surface area contributed by atoms with Crippen molar-refractivity contribution in [2.75, 3.05) is 13.7 Å². The van der Waals surface area contributed by atoms with E-state index in [0.717, 1.165) is 12.8 Å². The molecule has 7 nitrogen and oxygen atoms in total. The largest absolute Gasteiger partial charge is 0.480 e. The summed E-state index contributed by atoms with van der Waals surface area (Å²) in [5, 5.41) is 21.2. The molecule has 2 amide bonds. The summed E-state index contributed by atoms with van der Waals surface area (Å²) in [7, 11) is 1.62. The number of urea groups is 1. The van der Waals surface area contributed by atoms with Gasteiger partial charge in [0.25, 0.3) is 0 Å². The third-order valence-corrected chi connectivity index (χ3v) is 3.58. The van der Waals surface area contributed by atoms with Crippen LogP contribution in [0, 0.1) is 0 Å². The molecule has 1 aliphatic carbocycles. The van der Waals surface area contributed by atoms with Crippen LogP contribution in [0.25, 0.3) is 0 Å². The van der Waals surface area contributed by atoms with Crippen molar-refractivity contribution in [2.24, 2.45) is 0 Å². The molecule has 1 saturated heterocycles. The lowest BCUT2D eigenvalue weighted by Crippen LogP contribution is -2.54. The number of aliphatic hydroxyl groups is 1. The summed E-state index contributed by atoms with van der Waals surface area (Å²) < 4.78 is 5.10. The van der Waals surface area contributed by atoms with Gasteiger partial charge >= 0.3 is 12.0 Å². The Balaban J connectivity index is 1.86. The molecule has 0 aromatic rings. The highest BCUT2D eigenvalue weighted by atomic mass is 16.5. The van der Waals surface area contributed by atoms with Crippen LogP contribution in [-0.4, -0.2) is 65.1 Å². The number of ether oxygens (including phenoxy) is 1. The number of amides is 2. The number of aliphatic hydroxyl groups excluding tert-OH is 1. The second-order valence-electron chi connectivity index (χ2n) is 4.87. The zero-order chi connectivity index (χ0) is 13.3. The summed E-state index contributed by atoms with van der Waals surface area (Å²) in [5.41, 5.74) is 0. The highest BCUT2D eigenvalue weighted by Crippen LogP contribution is 2.24. The molecule has 7 heteroatoms. The standard InChI is InChI=1S/C11H18N2O5/c1-18-8-2-6(3-8)12-11(17)13-5-7(14)4-9(13)10(15)16/h6-9,14H,2-5H2,1H3,(H,12,17)(H,15,16)/t6?,7?,8?,9-/m0/s1. The summed E-state index contributed by atoms with van der Waals surface area (Å²) in [6, 6.07) is -1.31. The molecule has 0 radical (unpaired) electrons. The summed E-state index contributed by atoms with van der Waals surface area (Å²) in [5.74, 6) is -1.08. The molecule has 2 atom stereocenters. The Hall–Kier alpha value is -1.34. The third-order valence-electron chi connectivity index (χ3n) is 3.58. The van der Waals surface area contributed by atoms with Crippen LogP contribution in [-0.2, 0) is 9.53 Å². The summed E-state index contributed by atoms with van der Waals surface area (Å²) in [6.07, 6.45) is 1.00. The summed E-state index contributed by atoms with van der Waals surface area (Å²) >= 11 is 0. The number of hydrogen-bond donors (Lipinski definition) is 3. The highest BCUT2D eigenvalue weighted by molar-refractivity contribution is 5.83. The molecule has 3 N–H and O–H groups in total. The molecule has 2 rings (SSSR count). The quantitative estimate of drug-likeness (QED) is 0.627. The van der Waals surface area contributed by atoms with Crippen LogP contribution in [0.3, 0.4) is 0 Å². The lowest BCUT2D eigenvalue weighted by atomic mass is 9.89. The number of nitrogens with zero attached hydrogens (tertiary/aromatic N) is 1. The minimum atomic E-state index is -1.08. The van der Waals surface area contributed by atoms with Crippen molar-refractivity contribution < 1.29 is 24.5 Å². The molecule has 0 bridgehead atoms. The Kier molecular flexibility index (Phi) is 3.72. The lowest BCUT2D eigenvalue weighted by Gasteiger charge is -2.36. The minimum absolute atomic E-state index is 0.0367. The topological polar surface area (TPSA) is 99.1 Å².